The van der Waals surface area contributed by atoms with E-state index < -0.39 is 17.9 Å². The van der Waals surface area contributed by atoms with Crippen molar-refractivity contribution in [1.29, 1.82) is 5.26 Å². The van der Waals surface area contributed by atoms with E-state index in [0.717, 1.165) is 51.1 Å². The quantitative estimate of drug-likeness (QED) is 0.386. The molecule has 0 aliphatic carbocycles. The Morgan fingerprint density at radius 1 is 1.30 bits per heavy atom. The number of anilines is 1. The molecule has 1 unspecified atom stereocenters. The minimum absolute atomic E-state index is 0.179. The summed E-state index contributed by atoms with van der Waals surface area (Å²) < 4.78 is 0. The number of rotatable bonds is 6. The molecule has 10 heteroatoms. The number of imide groups is 1. The Morgan fingerprint density at radius 3 is 2.67 bits per heavy atom. The SMILES string of the molecule is CN(C(=O)c1cc(N2CC(CN3CCB(C#N)CC3)C2)ccc1C=O)C1CCC(=O)NC1=O. The third-order valence-electron chi connectivity index (χ3n) is 7.00. The lowest BCUT2D eigenvalue weighted by atomic mass is 9.45. The first-order valence-electron chi connectivity index (χ1n) is 11.5. The molecule has 172 valence electrons. The van der Waals surface area contributed by atoms with Crippen LogP contribution in [0.1, 0.15) is 33.6 Å². The standard InChI is InChI=1S/C23H28BN5O4/c1-27(20-4-5-21(31)26-22(20)32)23(33)19-10-18(3-2-17(19)14-30)29-12-16(13-29)11-28-8-6-24(15-25)7-9-28/h2-3,10,14,16,20H,4-9,11-13H2,1H3,(H,26,31,32). The molecule has 0 saturated carbocycles. The fourth-order valence-corrected chi connectivity index (χ4v) is 4.92. The van der Waals surface area contributed by atoms with Gasteiger partial charge >= 0.3 is 0 Å². The third kappa shape index (κ3) is 4.93. The van der Waals surface area contributed by atoms with Crippen LogP contribution in [0, 0.1) is 17.1 Å². The second-order valence-electron chi connectivity index (χ2n) is 9.25. The van der Waals surface area contributed by atoms with Crippen molar-refractivity contribution < 1.29 is 19.2 Å². The van der Waals surface area contributed by atoms with Gasteiger partial charge in [0, 0.05) is 56.2 Å². The van der Waals surface area contributed by atoms with E-state index in [1.54, 1.807) is 12.1 Å². The largest absolute Gasteiger partial charge is 0.371 e. The van der Waals surface area contributed by atoms with E-state index in [4.69, 9.17) is 5.26 Å². The molecule has 0 radical (unpaired) electrons. The summed E-state index contributed by atoms with van der Waals surface area (Å²) in [6, 6.07) is 4.48. The number of hydrogen-bond donors (Lipinski definition) is 1. The first kappa shape index (κ1) is 23.0. The molecule has 0 aromatic heterocycles. The van der Waals surface area contributed by atoms with E-state index in [1.807, 2.05) is 6.07 Å². The van der Waals surface area contributed by atoms with Crippen LogP contribution in [-0.4, -0.2) is 86.3 Å². The van der Waals surface area contributed by atoms with Gasteiger partial charge in [-0.25, -0.2) is 5.26 Å². The van der Waals surface area contributed by atoms with Crippen LogP contribution in [0.15, 0.2) is 18.2 Å². The molecule has 1 aromatic carbocycles. The molecular formula is C23H28BN5O4. The van der Waals surface area contributed by atoms with Crippen LogP contribution < -0.4 is 10.2 Å². The van der Waals surface area contributed by atoms with Gasteiger partial charge in [-0.1, -0.05) is 0 Å². The second-order valence-corrected chi connectivity index (χ2v) is 9.25. The zero-order valence-electron chi connectivity index (χ0n) is 18.8. The first-order valence-corrected chi connectivity index (χ1v) is 11.5. The minimum Gasteiger partial charge on any atom is -0.371 e. The summed E-state index contributed by atoms with van der Waals surface area (Å²) in [4.78, 5) is 54.3. The Hall–Kier alpha value is -3.19. The number of carbonyl (C=O) groups excluding carboxylic acids is 4. The van der Waals surface area contributed by atoms with E-state index in [1.165, 1.54) is 11.9 Å². The number of likely N-dealkylation sites (N-methyl/N-ethyl adjacent to an activating group) is 1. The summed E-state index contributed by atoms with van der Waals surface area (Å²) in [6.45, 7) is 4.86. The van der Waals surface area contributed by atoms with E-state index in [0.29, 0.717) is 12.2 Å². The highest BCUT2D eigenvalue weighted by Gasteiger charge is 2.34. The predicted molar refractivity (Wildman–Crippen MR) is 123 cm³/mol. The molecule has 33 heavy (non-hydrogen) atoms. The number of amides is 3. The molecule has 4 rings (SSSR count). The Morgan fingerprint density at radius 2 is 2.03 bits per heavy atom. The summed E-state index contributed by atoms with van der Waals surface area (Å²) in [6.07, 6.45) is 2.97. The van der Waals surface area contributed by atoms with Crippen molar-refractivity contribution in [3.63, 3.8) is 0 Å². The van der Waals surface area contributed by atoms with Gasteiger partial charge in [-0.05, 0) is 50.3 Å². The third-order valence-corrected chi connectivity index (χ3v) is 7.00. The van der Waals surface area contributed by atoms with Crippen LogP contribution in [-0.2, 0) is 9.59 Å². The van der Waals surface area contributed by atoms with Crippen LogP contribution >= 0.6 is 0 Å². The van der Waals surface area contributed by atoms with Crippen molar-refractivity contribution in [1.82, 2.24) is 15.1 Å². The minimum atomic E-state index is -0.739. The molecule has 3 saturated heterocycles. The summed E-state index contributed by atoms with van der Waals surface area (Å²) in [5, 5.41) is 11.3. The van der Waals surface area contributed by atoms with Gasteiger partial charge < -0.3 is 14.7 Å². The Bertz CT molecular complexity index is 995. The summed E-state index contributed by atoms with van der Waals surface area (Å²) in [5.74, 6) is 1.65. The Balaban J connectivity index is 1.39. The topological polar surface area (TPSA) is 114 Å². The molecule has 0 spiro atoms. The summed E-state index contributed by atoms with van der Waals surface area (Å²) in [7, 11) is 1.53. The maximum atomic E-state index is 13.2. The van der Waals surface area contributed by atoms with Crippen molar-refractivity contribution in [3.05, 3.63) is 29.3 Å². The van der Waals surface area contributed by atoms with Gasteiger partial charge in [-0.15, -0.1) is 0 Å². The molecule has 1 N–H and O–H groups in total. The highest BCUT2D eigenvalue weighted by Crippen LogP contribution is 2.29. The molecule has 1 atom stereocenters. The zero-order valence-corrected chi connectivity index (χ0v) is 18.8. The van der Waals surface area contributed by atoms with Crippen LogP contribution in [0.5, 0.6) is 0 Å². The van der Waals surface area contributed by atoms with Crippen molar-refractivity contribution in [2.75, 3.05) is 44.7 Å². The van der Waals surface area contributed by atoms with Crippen molar-refractivity contribution >= 4 is 36.4 Å². The molecule has 3 fully saturated rings. The number of benzene rings is 1. The monoisotopic (exact) mass is 449 g/mol. The van der Waals surface area contributed by atoms with Crippen LogP contribution in [0.25, 0.3) is 0 Å². The van der Waals surface area contributed by atoms with Gasteiger partial charge in [0.15, 0.2) is 6.29 Å². The molecule has 3 amide bonds. The van der Waals surface area contributed by atoms with Crippen molar-refractivity contribution in [2.45, 2.75) is 31.5 Å². The lowest BCUT2D eigenvalue weighted by Gasteiger charge is -2.44. The van der Waals surface area contributed by atoms with Gasteiger partial charge in [0.25, 0.3) is 12.6 Å². The van der Waals surface area contributed by atoms with E-state index in [-0.39, 0.29) is 36.6 Å². The van der Waals surface area contributed by atoms with Crippen LogP contribution in [0.3, 0.4) is 0 Å². The maximum absolute atomic E-state index is 13.2. The molecule has 3 aliphatic rings. The van der Waals surface area contributed by atoms with E-state index >= 15 is 0 Å². The van der Waals surface area contributed by atoms with Gasteiger partial charge in [0.2, 0.25) is 11.8 Å². The maximum Gasteiger partial charge on any atom is 0.270 e. The molecule has 1 aromatic rings. The number of nitriles is 1. The number of nitrogens with one attached hydrogen (secondary N) is 1. The van der Waals surface area contributed by atoms with Gasteiger partial charge in [0.05, 0.1) is 5.56 Å². The molecular weight excluding hydrogens is 421 g/mol. The van der Waals surface area contributed by atoms with E-state index in [2.05, 4.69) is 21.1 Å². The van der Waals surface area contributed by atoms with E-state index in [9.17, 15) is 19.2 Å². The van der Waals surface area contributed by atoms with Crippen LogP contribution in [0.4, 0.5) is 5.69 Å². The number of nitrogens with zero attached hydrogens (tertiary/aromatic N) is 4. The summed E-state index contributed by atoms with van der Waals surface area (Å²) >= 11 is 0. The highest BCUT2D eigenvalue weighted by atomic mass is 16.2. The lowest BCUT2D eigenvalue weighted by Crippen LogP contribution is -2.53. The van der Waals surface area contributed by atoms with Gasteiger partial charge in [-0.2, -0.15) is 0 Å². The second kappa shape index (κ2) is 9.75. The predicted octanol–water partition coefficient (Wildman–Crippen LogP) is 0.686. The molecule has 0 bridgehead atoms. The van der Waals surface area contributed by atoms with Crippen molar-refractivity contribution in [2.24, 2.45) is 5.92 Å². The molecule has 3 heterocycles. The van der Waals surface area contributed by atoms with Gasteiger partial charge in [0.1, 0.15) is 6.04 Å². The first-order chi connectivity index (χ1) is 15.9. The van der Waals surface area contributed by atoms with Gasteiger partial charge in [-0.3, -0.25) is 24.5 Å². The van der Waals surface area contributed by atoms with Crippen LogP contribution in [0.2, 0.25) is 12.6 Å². The number of carbonyl (C=O) groups is 4. The smallest absolute Gasteiger partial charge is 0.270 e. The highest BCUT2D eigenvalue weighted by molar-refractivity contribution is 6.67. The fourth-order valence-electron chi connectivity index (χ4n) is 4.92. The fraction of sp³-hybridized carbons (Fsp3) is 0.522. The number of hydrogen-bond acceptors (Lipinski definition) is 7. The number of piperidine rings is 1. The number of aldehydes is 1. The Kier molecular flexibility index (Phi) is 6.79. The zero-order chi connectivity index (χ0) is 23.5. The molecule has 3 aliphatic heterocycles. The normalized spacial score (nSPS) is 21.8. The average Bonchev–Trinajstić information content (AvgIpc) is 2.80. The summed E-state index contributed by atoms with van der Waals surface area (Å²) in [5.41, 5.74) is 1.41. The average molecular weight is 449 g/mol. The van der Waals surface area contributed by atoms with Crippen molar-refractivity contribution in [3.8, 4) is 5.97 Å². The Labute approximate surface area is 193 Å². The molecule has 9 nitrogen and oxygen atoms in total. The lowest BCUT2D eigenvalue weighted by molar-refractivity contribution is -0.136.